The minimum absolute atomic E-state index is 0.263. The lowest BCUT2D eigenvalue weighted by Crippen LogP contribution is -2.37. The Morgan fingerprint density at radius 3 is 2.47 bits per heavy atom. The average molecular weight is 234 g/mol. The molecule has 1 atom stereocenters. The van der Waals surface area contributed by atoms with Crippen LogP contribution in [0.3, 0.4) is 0 Å². The normalized spacial score (nSPS) is 22.9. The summed E-state index contributed by atoms with van der Waals surface area (Å²) in [4.78, 5) is 11.7. The van der Waals surface area contributed by atoms with Gasteiger partial charge in [-0.05, 0) is 12.5 Å². The van der Waals surface area contributed by atoms with E-state index in [1.807, 2.05) is 0 Å². The molecular weight excluding hydrogens is 220 g/mol. The van der Waals surface area contributed by atoms with Crippen LogP contribution in [0, 0.1) is 11.8 Å². The van der Waals surface area contributed by atoms with E-state index in [0.717, 1.165) is 6.08 Å². The monoisotopic (exact) mass is 234 g/mol. The van der Waals surface area contributed by atoms with Crippen molar-refractivity contribution in [2.45, 2.75) is 12.5 Å². The Kier molecular flexibility index (Phi) is 3.77. The van der Waals surface area contributed by atoms with Crippen LogP contribution in [-0.2, 0) is 14.3 Å². The van der Waals surface area contributed by atoms with Crippen LogP contribution in [-0.4, -0.2) is 30.7 Å². The molecule has 0 saturated heterocycles. The zero-order valence-electron chi connectivity index (χ0n) is 10.0. The lowest BCUT2D eigenvalue weighted by molar-refractivity contribution is -0.124. The first-order valence-corrected chi connectivity index (χ1v) is 4.91. The molecule has 0 saturated carbocycles. The Bertz CT molecular complexity index is 473. The molecule has 1 N–H and O–H groups in total. The molecule has 0 heterocycles. The standard InChI is InChI=1S/C13H14O4/c1-9(2)5-6-13(15)8-11(17-4)10(16-3)7-12(13)14/h7-8,15H,1H2,2-4H3/t13-/m1/s1. The molecule has 0 aromatic rings. The molecule has 1 aliphatic carbocycles. The first-order chi connectivity index (χ1) is 7.92. The van der Waals surface area contributed by atoms with Gasteiger partial charge in [0.05, 0.1) is 14.2 Å². The lowest BCUT2D eigenvalue weighted by atomic mass is 9.92. The highest BCUT2D eigenvalue weighted by Gasteiger charge is 2.36. The summed E-state index contributed by atoms with van der Waals surface area (Å²) in [5.74, 6) is 5.00. The summed E-state index contributed by atoms with van der Waals surface area (Å²) in [7, 11) is 2.83. The molecule has 4 nitrogen and oxygen atoms in total. The number of rotatable bonds is 2. The second-order valence-corrected chi connectivity index (χ2v) is 3.59. The molecule has 0 radical (unpaired) electrons. The summed E-state index contributed by atoms with van der Waals surface area (Å²) < 4.78 is 9.96. The molecule has 0 unspecified atom stereocenters. The molecule has 1 aliphatic rings. The van der Waals surface area contributed by atoms with Gasteiger partial charge in [-0.15, -0.1) is 0 Å². The molecule has 0 spiro atoms. The van der Waals surface area contributed by atoms with Crippen LogP contribution in [0.5, 0.6) is 0 Å². The molecule has 0 bridgehead atoms. The van der Waals surface area contributed by atoms with Crippen molar-refractivity contribution in [3.63, 3.8) is 0 Å². The van der Waals surface area contributed by atoms with E-state index in [9.17, 15) is 9.90 Å². The van der Waals surface area contributed by atoms with Crippen molar-refractivity contribution in [1.82, 2.24) is 0 Å². The molecule has 0 aromatic carbocycles. The van der Waals surface area contributed by atoms with Crippen molar-refractivity contribution in [2.75, 3.05) is 14.2 Å². The van der Waals surface area contributed by atoms with Gasteiger partial charge >= 0.3 is 0 Å². The third kappa shape index (κ3) is 2.77. The van der Waals surface area contributed by atoms with Crippen molar-refractivity contribution in [2.24, 2.45) is 0 Å². The maximum Gasteiger partial charge on any atom is 0.212 e. The maximum atomic E-state index is 11.7. The fourth-order valence-electron chi connectivity index (χ4n) is 1.25. The van der Waals surface area contributed by atoms with Crippen LogP contribution in [0.2, 0.25) is 0 Å². The second kappa shape index (κ2) is 4.89. The van der Waals surface area contributed by atoms with E-state index in [1.54, 1.807) is 6.92 Å². The Balaban J connectivity index is 3.18. The van der Waals surface area contributed by atoms with Gasteiger partial charge in [0.1, 0.15) is 0 Å². The van der Waals surface area contributed by atoms with E-state index in [1.165, 1.54) is 20.3 Å². The van der Waals surface area contributed by atoms with Crippen LogP contribution in [0.25, 0.3) is 0 Å². The smallest absolute Gasteiger partial charge is 0.212 e. The highest BCUT2D eigenvalue weighted by atomic mass is 16.5. The maximum absolute atomic E-state index is 11.7. The number of carbonyl (C=O) groups excluding carboxylic acids is 1. The van der Waals surface area contributed by atoms with Crippen molar-refractivity contribution in [3.8, 4) is 11.8 Å². The summed E-state index contributed by atoms with van der Waals surface area (Å²) in [6.07, 6.45) is 2.38. The van der Waals surface area contributed by atoms with E-state index >= 15 is 0 Å². The predicted molar refractivity (Wildman–Crippen MR) is 62.7 cm³/mol. The molecule has 90 valence electrons. The number of ketones is 1. The third-order valence-electron chi connectivity index (χ3n) is 2.13. The Hall–Kier alpha value is -1.99. The first kappa shape index (κ1) is 13.1. The van der Waals surface area contributed by atoms with Crippen molar-refractivity contribution in [1.29, 1.82) is 0 Å². The van der Waals surface area contributed by atoms with Gasteiger partial charge in [0.2, 0.25) is 11.4 Å². The van der Waals surface area contributed by atoms with Gasteiger partial charge in [-0.2, -0.15) is 0 Å². The highest BCUT2D eigenvalue weighted by Crippen LogP contribution is 2.24. The Morgan fingerprint density at radius 2 is 2.00 bits per heavy atom. The summed E-state index contributed by atoms with van der Waals surface area (Å²) in [5, 5.41) is 10.1. The number of hydrogen-bond donors (Lipinski definition) is 1. The van der Waals surface area contributed by atoms with Gasteiger partial charge in [-0.3, -0.25) is 4.79 Å². The molecular formula is C13H14O4. The van der Waals surface area contributed by atoms with Gasteiger partial charge in [0.15, 0.2) is 11.5 Å². The van der Waals surface area contributed by atoms with E-state index in [2.05, 4.69) is 18.4 Å². The molecule has 0 aromatic heterocycles. The van der Waals surface area contributed by atoms with Crippen molar-refractivity contribution in [3.05, 3.63) is 35.8 Å². The molecule has 4 heteroatoms. The zero-order valence-corrected chi connectivity index (χ0v) is 10.0. The van der Waals surface area contributed by atoms with Gasteiger partial charge in [-0.1, -0.05) is 18.4 Å². The summed E-state index contributed by atoms with van der Waals surface area (Å²) in [6.45, 7) is 5.26. The number of aliphatic hydroxyl groups is 1. The van der Waals surface area contributed by atoms with E-state index in [-0.39, 0.29) is 11.5 Å². The van der Waals surface area contributed by atoms with E-state index < -0.39 is 11.4 Å². The van der Waals surface area contributed by atoms with Crippen molar-refractivity contribution < 1.29 is 19.4 Å². The molecule has 1 rings (SSSR count). The third-order valence-corrected chi connectivity index (χ3v) is 2.13. The topological polar surface area (TPSA) is 55.8 Å². The van der Waals surface area contributed by atoms with Crippen LogP contribution >= 0.6 is 0 Å². The van der Waals surface area contributed by atoms with Gasteiger partial charge in [0.25, 0.3) is 0 Å². The zero-order chi connectivity index (χ0) is 13.1. The SMILES string of the molecule is C=C(C)C#C[C@@]1(O)C=C(OC)C(OC)=CC1=O. The quantitative estimate of drug-likeness (QED) is 0.722. The number of hydrogen-bond acceptors (Lipinski definition) is 4. The van der Waals surface area contributed by atoms with Gasteiger partial charge in [0, 0.05) is 12.2 Å². The fraction of sp³-hybridized carbons (Fsp3) is 0.308. The second-order valence-electron chi connectivity index (χ2n) is 3.59. The van der Waals surface area contributed by atoms with Crippen LogP contribution in [0.1, 0.15) is 6.92 Å². The molecule has 0 aliphatic heterocycles. The van der Waals surface area contributed by atoms with Gasteiger partial charge in [-0.25, -0.2) is 0 Å². The van der Waals surface area contributed by atoms with E-state index in [4.69, 9.17) is 9.47 Å². The number of methoxy groups -OCH3 is 2. The predicted octanol–water partition coefficient (Wildman–Crippen LogP) is 0.940. The van der Waals surface area contributed by atoms with E-state index in [0.29, 0.717) is 5.57 Å². The molecule has 17 heavy (non-hydrogen) atoms. The Morgan fingerprint density at radius 1 is 1.41 bits per heavy atom. The fourth-order valence-corrected chi connectivity index (χ4v) is 1.25. The lowest BCUT2D eigenvalue weighted by Gasteiger charge is -2.22. The van der Waals surface area contributed by atoms with Crippen LogP contribution in [0.4, 0.5) is 0 Å². The highest BCUT2D eigenvalue weighted by molar-refractivity contribution is 6.03. The van der Waals surface area contributed by atoms with Crippen LogP contribution in [0.15, 0.2) is 35.8 Å². The number of ether oxygens (including phenoxy) is 2. The van der Waals surface area contributed by atoms with Gasteiger partial charge < -0.3 is 14.6 Å². The summed E-state index contributed by atoms with van der Waals surface area (Å²) in [6, 6.07) is 0. The van der Waals surface area contributed by atoms with Crippen molar-refractivity contribution >= 4 is 5.78 Å². The average Bonchev–Trinajstić information content (AvgIpc) is 2.29. The number of carbonyl (C=O) groups is 1. The molecule has 0 fully saturated rings. The Labute approximate surface area is 100 Å². The minimum Gasteiger partial charge on any atom is -0.493 e. The summed E-state index contributed by atoms with van der Waals surface area (Å²) >= 11 is 0. The number of allylic oxidation sites excluding steroid dienone is 1. The minimum atomic E-state index is -1.88. The summed E-state index contributed by atoms with van der Waals surface area (Å²) in [5.41, 5.74) is -1.33. The first-order valence-electron chi connectivity index (χ1n) is 4.91. The molecule has 0 amide bonds. The largest absolute Gasteiger partial charge is 0.493 e. The van der Waals surface area contributed by atoms with Crippen LogP contribution < -0.4 is 0 Å².